The maximum Gasteiger partial charge on any atom is 0.305 e. The van der Waals surface area contributed by atoms with Crippen LogP contribution in [0.25, 0.3) is 0 Å². The van der Waals surface area contributed by atoms with E-state index < -0.39 is 41.7 Å². The van der Waals surface area contributed by atoms with Crippen molar-refractivity contribution in [3.05, 3.63) is 35.9 Å². The first-order chi connectivity index (χ1) is 16.1. The average molecular weight is 476 g/mol. The molecule has 0 bridgehead atoms. The van der Waals surface area contributed by atoms with E-state index in [0.717, 1.165) is 0 Å². The number of carboxylic acid groups (broad SMARTS) is 1. The van der Waals surface area contributed by atoms with Crippen LogP contribution < -0.4 is 22.1 Å². The summed E-state index contributed by atoms with van der Waals surface area (Å²) in [7, 11) is 0. The van der Waals surface area contributed by atoms with Crippen molar-refractivity contribution in [2.45, 2.75) is 56.5 Å². The van der Waals surface area contributed by atoms with Gasteiger partial charge in [0, 0.05) is 20.0 Å². The number of hydrogen-bond acceptors (Lipinski definition) is 6. The van der Waals surface area contributed by atoms with E-state index in [-0.39, 0.29) is 37.7 Å². The van der Waals surface area contributed by atoms with Crippen LogP contribution in [0.15, 0.2) is 30.3 Å². The molecule has 186 valence electrons. The van der Waals surface area contributed by atoms with Crippen LogP contribution in [0.4, 0.5) is 0 Å². The van der Waals surface area contributed by atoms with Gasteiger partial charge >= 0.3 is 5.97 Å². The molecule has 1 aliphatic rings. The van der Waals surface area contributed by atoms with E-state index >= 15 is 0 Å². The van der Waals surface area contributed by atoms with Crippen molar-refractivity contribution in [2.24, 2.45) is 11.5 Å². The Morgan fingerprint density at radius 2 is 1.68 bits per heavy atom. The molecule has 0 unspecified atom stereocenters. The molecule has 0 spiro atoms. The van der Waals surface area contributed by atoms with Gasteiger partial charge in [0.1, 0.15) is 12.1 Å². The molecule has 7 N–H and O–H groups in total. The van der Waals surface area contributed by atoms with Crippen LogP contribution in [0.2, 0.25) is 0 Å². The number of nitrogens with zero attached hydrogens (tertiary/aromatic N) is 1. The lowest BCUT2D eigenvalue weighted by Gasteiger charge is -2.42. The summed E-state index contributed by atoms with van der Waals surface area (Å²) in [6, 6.07) is 6.89. The zero-order chi connectivity index (χ0) is 25.3. The zero-order valence-electron chi connectivity index (χ0n) is 19.3. The lowest BCUT2D eigenvalue weighted by molar-refractivity contribution is -0.142. The monoisotopic (exact) mass is 475 g/mol. The number of likely N-dealkylation sites (tertiary alicyclic amines) is 1. The molecule has 1 aromatic carbocycles. The fraction of sp³-hybridized carbons (Fsp3) is 0.522. The molecule has 11 heteroatoms. The largest absolute Gasteiger partial charge is 0.481 e. The molecule has 11 nitrogen and oxygen atoms in total. The van der Waals surface area contributed by atoms with Gasteiger partial charge in [0.05, 0.1) is 11.8 Å². The summed E-state index contributed by atoms with van der Waals surface area (Å²) in [5, 5.41) is 14.2. The fourth-order valence-electron chi connectivity index (χ4n) is 4.25. The number of carbonyl (C=O) groups is 5. The Bertz CT molecular complexity index is 898. The molecule has 1 aromatic rings. The Morgan fingerprint density at radius 1 is 1.06 bits per heavy atom. The minimum absolute atomic E-state index is 0.236. The number of primary amides is 1. The van der Waals surface area contributed by atoms with Gasteiger partial charge in [0.2, 0.25) is 23.6 Å². The van der Waals surface area contributed by atoms with Gasteiger partial charge in [0.25, 0.3) is 0 Å². The van der Waals surface area contributed by atoms with E-state index in [4.69, 9.17) is 16.6 Å². The van der Waals surface area contributed by atoms with Crippen LogP contribution in [0.5, 0.6) is 0 Å². The molecule has 0 aliphatic carbocycles. The number of nitrogens with one attached hydrogen (secondary N) is 2. The number of nitrogens with two attached hydrogens (primary N) is 2. The standard InChI is InChI=1S/C23H33N5O6/c1-15(29)26-17(8-5-11-24)21(33)28-12-9-23(10-13-28,16-6-3-2-4-7-16)22(34)27-18(20(25)32)14-19(30)31/h2-4,6-7,17-18H,5,8-14,24H2,1H3,(H2,25,32)(H,26,29)(H,27,34)(H,30,31)/t17-,18-/m0/s1. The van der Waals surface area contributed by atoms with Crippen molar-refractivity contribution in [2.75, 3.05) is 19.6 Å². The predicted molar refractivity (Wildman–Crippen MR) is 123 cm³/mol. The van der Waals surface area contributed by atoms with Gasteiger partial charge in [-0.25, -0.2) is 0 Å². The third-order valence-electron chi connectivity index (χ3n) is 6.09. The number of carboxylic acids is 1. The third kappa shape index (κ3) is 6.77. The van der Waals surface area contributed by atoms with E-state index in [1.54, 1.807) is 35.2 Å². The molecule has 2 atom stereocenters. The number of benzene rings is 1. The molecule has 1 aliphatic heterocycles. The Hall–Kier alpha value is -3.47. The van der Waals surface area contributed by atoms with Gasteiger partial charge in [0.15, 0.2) is 0 Å². The Morgan fingerprint density at radius 3 is 2.18 bits per heavy atom. The van der Waals surface area contributed by atoms with Crippen LogP contribution in [0.3, 0.4) is 0 Å². The minimum Gasteiger partial charge on any atom is -0.481 e. The third-order valence-corrected chi connectivity index (χ3v) is 6.09. The lowest BCUT2D eigenvalue weighted by Crippen LogP contribution is -2.58. The molecule has 4 amide bonds. The van der Waals surface area contributed by atoms with Crippen LogP contribution >= 0.6 is 0 Å². The quantitative estimate of drug-likeness (QED) is 0.278. The molecule has 2 rings (SSSR count). The summed E-state index contributed by atoms with van der Waals surface area (Å²) in [5.41, 5.74) is 10.5. The summed E-state index contributed by atoms with van der Waals surface area (Å²) in [6.07, 6.45) is 0.841. The van der Waals surface area contributed by atoms with Gasteiger partial charge in [-0.15, -0.1) is 0 Å². The highest BCUT2D eigenvalue weighted by Gasteiger charge is 2.45. The molecule has 0 saturated carbocycles. The first-order valence-electron chi connectivity index (χ1n) is 11.2. The van der Waals surface area contributed by atoms with Crippen molar-refractivity contribution >= 4 is 29.6 Å². The molecule has 34 heavy (non-hydrogen) atoms. The lowest BCUT2D eigenvalue weighted by atomic mass is 9.71. The number of rotatable bonds is 11. The van der Waals surface area contributed by atoms with E-state index in [1.807, 2.05) is 0 Å². The van der Waals surface area contributed by atoms with Crippen LogP contribution in [-0.2, 0) is 29.4 Å². The average Bonchev–Trinajstić information content (AvgIpc) is 2.80. The maximum absolute atomic E-state index is 13.4. The highest BCUT2D eigenvalue weighted by molar-refractivity contribution is 5.95. The summed E-state index contributed by atoms with van der Waals surface area (Å²) in [4.78, 5) is 62.5. The highest BCUT2D eigenvalue weighted by atomic mass is 16.4. The zero-order valence-corrected chi connectivity index (χ0v) is 19.3. The highest BCUT2D eigenvalue weighted by Crippen LogP contribution is 2.36. The molecular formula is C23H33N5O6. The van der Waals surface area contributed by atoms with E-state index in [0.29, 0.717) is 24.9 Å². The Kier molecular flexibility index (Phi) is 9.55. The molecule has 1 saturated heterocycles. The van der Waals surface area contributed by atoms with Crippen molar-refractivity contribution in [1.29, 1.82) is 0 Å². The van der Waals surface area contributed by atoms with Crippen LogP contribution in [-0.4, -0.2) is 71.3 Å². The topological polar surface area (TPSA) is 185 Å². The predicted octanol–water partition coefficient (Wildman–Crippen LogP) is -0.765. The number of aliphatic carboxylic acids is 1. The molecular weight excluding hydrogens is 442 g/mol. The fourth-order valence-corrected chi connectivity index (χ4v) is 4.25. The molecule has 0 aromatic heterocycles. The van der Waals surface area contributed by atoms with Gasteiger partial charge in [-0.2, -0.15) is 0 Å². The van der Waals surface area contributed by atoms with E-state index in [1.165, 1.54) is 6.92 Å². The normalized spacial score (nSPS) is 16.7. The molecule has 0 radical (unpaired) electrons. The minimum atomic E-state index is -1.36. The van der Waals surface area contributed by atoms with Crippen molar-refractivity contribution in [3.8, 4) is 0 Å². The summed E-state index contributed by atoms with van der Waals surface area (Å²) >= 11 is 0. The second-order valence-corrected chi connectivity index (χ2v) is 8.48. The SMILES string of the molecule is CC(=O)N[C@@H](CCCN)C(=O)N1CCC(C(=O)N[C@@H](CC(=O)O)C(N)=O)(c2ccccc2)CC1. The second-order valence-electron chi connectivity index (χ2n) is 8.48. The Labute approximate surface area is 198 Å². The van der Waals surface area contributed by atoms with Crippen molar-refractivity contribution in [1.82, 2.24) is 15.5 Å². The van der Waals surface area contributed by atoms with Gasteiger partial charge in [-0.05, 0) is 37.8 Å². The maximum atomic E-state index is 13.4. The first-order valence-corrected chi connectivity index (χ1v) is 11.2. The van der Waals surface area contributed by atoms with Crippen LogP contribution in [0.1, 0.15) is 44.6 Å². The number of hydrogen-bond donors (Lipinski definition) is 5. The molecule has 1 fully saturated rings. The number of amides is 4. The summed E-state index contributed by atoms with van der Waals surface area (Å²) in [5.74, 6) is -3.28. The summed E-state index contributed by atoms with van der Waals surface area (Å²) < 4.78 is 0. The van der Waals surface area contributed by atoms with Crippen molar-refractivity contribution < 1.29 is 29.1 Å². The van der Waals surface area contributed by atoms with E-state index in [9.17, 15) is 24.0 Å². The second kappa shape index (κ2) is 12.1. The molecule has 1 heterocycles. The van der Waals surface area contributed by atoms with Gasteiger partial charge in [-0.1, -0.05) is 30.3 Å². The van der Waals surface area contributed by atoms with Crippen molar-refractivity contribution in [3.63, 3.8) is 0 Å². The van der Waals surface area contributed by atoms with Gasteiger partial charge < -0.3 is 32.1 Å². The number of piperidine rings is 1. The van der Waals surface area contributed by atoms with Crippen LogP contribution in [0, 0.1) is 0 Å². The number of carbonyl (C=O) groups excluding carboxylic acids is 4. The first kappa shape index (κ1) is 26.8. The van der Waals surface area contributed by atoms with E-state index in [2.05, 4.69) is 10.6 Å². The Balaban J connectivity index is 2.25. The van der Waals surface area contributed by atoms with Gasteiger partial charge in [-0.3, -0.25) is 24.0 Å². The summed E-state index contributed by atoms with van der Waals surface area (Å²) in [6.45, 7) is 2.20. The smallest absolute Gasteiger partial charge is 0.305 e.